The number of aromatic nitrogens is 2. The molecule has 0 aliphatic rings. The average molecular weight is 672 g/mol. The lowest BCUT2D eigenvalue weighted by Crippen LogP contribution is -2.74. The topological polar surface area (TPSA) is 9.86 Å². The minimum Gasteiger partial charge on any atom is -0.309 e. The second-order valence-electron chi connectivity index (χ2n) is 13.0. The van der Waals surface area contributed by atoms with E-state index in [-0.39, 0.29) is 24.2 Å². The quantitative estimate of drug-likeness (QED) is 0.123. The Bertz CT molecular complexity index is 3010. The van der Waals surface area contributed by atoms with Crippen LogP contribution in [-0.4, -0.2) is 17.2 Å². The molecule has 0 spiro atoms. The summed E-state index contributed by atoms with van der Waals surface area (Å²) in [6.45, 7) is 0. The summed E-state index contributed by atoms with van der Waals surface area (Å²) in [7, 11) is -3.48. The zero-order valence-corrected chi connectivity index (χ0v) is 28.6. The molecule has 0 unspecified atom stereocenters. The highest BCUT2D eigenvalue weighted by Gasteiger charge is 2.41. The maximum absolute atomic E-state index is 9.29. The summed E-state index contributed by atoms with van der Waals surface area (Å²) >= 11 is 0. The first-order valence-electron chi connectivity index (χ1n) is 19.7. The van der Waals surface area contributed by atoms with E-state index in [2.05, 4.69) is 124 Å². The molecule has 2 heterocycles. The lowest BCUT2D eigenvalue weighted by molar-refractivity contribution is 1.17. The molecule has 0 atom stereocenters. The monoisotopic (exact) mass is 671 g/mol. The normalized spacial score (nSPS) is 13.3. The van der Waals surface area contributed by atoms with Crippen LogP contribution in [0.5, 0.6) is 0 Å². The summed E-state index contributed by atoms with van der Waals surface area (Å²) in [4.78, 5) is 0. The summed E-state index contributed by atoms with van der Waals surface area (Å²) in [5.41, 5.74) is 6.54. The van der Waals surface area contributed by atoms with Gasteiger partial charge in [0, 0.05) is 32.9 Å². The van der Waals surface area contributed by atoms with Crippen molar-refractivity contribution in [3.63, 3.8) is 0 Å². The Morgan fingerprint density at radius 1 is 0.333 bits per heavy atom. The fourth-order valence-electron chi connectivity index (χ4n) is 8.19. The first-order valence-corrected chi connectivity index (χ1v) is 19.2. The van der Waals surface area contributed by atoms with Crippen LogP contribution < -0.4 is 20.7 Å². The minimum atomic E-state index is -3.48. The van der Waals surface area contributed by atoms with Crippen LogP contribution in [0.2, 0.25) is 0 Å². The van der Waals surface area contributed by atoms with Crippen molar-refractivity contribution in [1.82, 2.24) is 9.13 Å². The smallest absolute Gasteiger partial charge is 0.179 e. The van der Waals surface area contributed by atoms with E-state index in [1.807, 2.05) is 60.7 Å². The molecule has 51 heavy (non-hydrogen) atoms. The lowest BCUT2D eigenvalue weighted by Gasteiger charge is -2.34. The first-order chi connectivity index (χ1) is 27.4. The highest BCUT2D eigenvalue weighted by molar-refractivity contribution is 7.19. The summed E-state index contributed by atoms with van der Waals surface area (Å²) in [6.07, 6.45) is 0. The molecule has 3 heteroatoms. The standard InChI is InChI=1S/C48H34N2Si/c1-4-16-37(17-5-1)51(38-18-6-2-7-19-38,39-20-8-3-9-21-39)40-31-28-35(29-32-40)49-47-27-15-12-24-43(47)44-34-36(30-33-48(44)49)50-45-25-13-10-22-41(45)42-23-11-14-26-46(42)50/h1-34H/i1D,4D,5D,16D,17D. The number of benzene rings is 8. The minimum absolute atomic E-state index is 0.166. The largest absolute Gasteiger partial charge is 0.309 e. The molecule has 0 radical (unpaired) electrons. The van der Waals surface area contributed by atoms with Gasteiger partial charge in [-0.1, -0.05) is 158 Å². The third-order valence-electron chi connectivity index (χ3n) is 10.3. The molecule has 0 saturated carbocycles. The van der Waals surface area contributed by atoms with E-state index >= 15 is 0 Å². The zero-order chi connectivity index (χ0) is 38.1. The van der Waals surface area contributed by atoms with Crippen LogP contribution in [-0.2, 0) is 0 Å². The highest BCUT2D eigenvalue weighted by Crippen LogP contribution is 2.36. The van der Waals surface area contributed by atoms with Crippen molar-refractivity contribution in [3.8, 4) is 11.4 Å². The second-order valence-corrected chi connectivity index (χ2v) is 16.7. The van der Waals surface area contributed by atoms with Gasteiger partial charge in [0.15, 0.2) is 8.07 Å². The Hall–Kier alpha value is -6.42. The van der Waals surface area contributed by atoms with Crippen molar-refractivity contribution in [1.29, 1.82) is 0 Å². The van der Waals surface area contributed by atoms with Crippen LogP contribution in [0, 0.1) is 0 Å². The van der Waals surface area contributed by atoms with Gasteiger partial charge in [-0.15, -0.1) is 0 Å². The second kappa shape index (κ2) is 11.9. The number of rotatable bonds is 6. The van der Waals surface area contributed by atoms with Gasteiger partial charge in [-0.2, -0.15) is 0 Å². The maximum atomic E-state index is 9.29. The van der Waals surface area contributed by atoms with Crippen molar-refractivity contribution >= 4 is 72.4 Å². The molecular formula is C48H34N2Si. The third-order valence-corrected chi connectivity index (χ3v) is 14.9. The Morgan fingerprint density at radius 3 is 1.29 bits per heavy atom. The van der Waals surface area contributed by atoms with Crippen molar-refractivity contribution in [2.24, 2.45) is 0 Å². The van der Waals surface area contributed by atoms with E-state index in [1.54, 1.807) is 0 Å². The van der Waals surface area contributed by atoms with Crippen molar-refractivity contribution in [2.75, 3.05) is 0 Å². The Morgan fingerprint density at radius 2 is 0.745 bits per heavy atom. The Labute approximate surface area is 305 Å². The van der Waals surface area contributed by atoms with Crippen molar-refractivity contribution in [3.05, 3.63) is 206 Å². The summed E-state index contributed by atoms with van der Waals surface area (Å²) in [6, 6.07) is 59.3. The van der Waals surface area contributed by atoms with Crippen LogP contribution >= 0.6 is 0 Å². The number of fused-ring (bicyclic) bond motifs is 6. The van der Waals surface area contributed by atoms with Gasteiger partial charge >= 0.3 is 0 Å². The van der Waals surface area contributed by atoms with Gasteiger partial charge in [-0.25, -0.2) is 0 Å². The summed E-state index contributed by atoms with van der Waals surface area (Å²) in [5, 5.41) is 7.87. The van der Waals surface area contributed by atoms with Gasteiger partial charge in [0.2, 0.25) is 0 Å². The molecule has 2 aromatic heterocycles. The van der Waals surface area contributed by atoms with E-state index in [0.717, 1.165) is 59.8 Å². The maximum Gasteiger partial charge on any atom is 0.179 e. The molecule has 0 aliphatic heterocycles. The molecule has 240 valence electrons. The third kappa shape index (κ3) is 4.49. The van der Waals surface area contributed by atoms with E-state index in [1.165, 1.54) is 10.8 Å². The number of nitrogens with zero attached hydrogens (tertiary/aromatic N) is 2. The van der Waals surface area contributed by atoms with Gasteiger partial charge in [0.05, 0.1) is 28.9 Å². The molecule has 10 rings (SSSR count). The molecule has 0 fully saturated rings. The highest BCUT2D eigenvalue weighted by atomic mass is 28.3. The number of hydrogen-bond donors (Lipinski definition) is 0. The van der Waals surface area contributed by atoms with Crippen LogP contribution in [0.3, 0.4) is 0 Å². The number of hydrogen-bond acceptors (Lipinski definition) is 0. The fraction of sp³-hybridized carbons (Fsp3) is 0. The molecule has 0 N–H and O–H groups in total. The van der Waals surface area contributed by atoms with E-state index < -0.39 is 14.1 Å². The Kier molecular flexibility index (Phi) is 5.74. The first kappa shape index (κ1) is 24.7. The summed E-state index contributed by atoms with van der Waals surface area (Å²) < 4.78 is 49.1. The molecular weight excluding hydrogens is 633 g/mol. The molecule has 2 nitrogen and oxygen atoms in total. The average Bonchev–Trinajstić information content (AvgIpc) is 3.77. The Balaban J connectivity index is 1.21. The molecule has 10 aromatic rings. The van der Waals surface area contributed by atoms with Crippen molar-refractivity contribution in [2.45, 2.75) is 0 Å². The molecule has 8 aromatic carbocycles. The SMILES string of the molecule is [2H]c1c([2H])c([2H])c([Si](c2ccccc2)(c2ccccc2)c2ccc(-n3c4ccccc4c4cc(-n5c6ccccc6c6ccccc65)ccc43)cc2)c([2H])c1[2H]. The van der Waals surface area contributed by atoms with Gasteiger partial charge in [0.1, 0.15) is 0 Å². The molecule has 0 aliphatic carbocycles. The summed E-state index contributed by atoms with van der Waals surface area (Å²) in [5.74, 6) is 0. The van der Waals surface area contributed by atoms with E-state index in [0.29, 0.717) is 5.19 Å². The number of para-hydroxylation sites is 3. The van der Waals surface area contributed by atoms with Crippen LogP contribution in [0.4, 0.5) is 0 Å². The van der Waals surface area contributed by atoms with Crippen LogP contribution in [0.25, 0.3) is 55.0 Å². The van der Waals surface area contributed by atoms with Gasteiger partial charge in [0.25, 0.3) is 0 Å². The molecule has 0 saturated heterocycles. The zero-order valence-electron chi connectivity index (χ0n) is 32.6. The van der Waals surface area contributed by atoms with Crippen LogP contribution in [0.15, 0.2) is 206 Å². The van der Waals surface area contributed by atoms with Gasteiger partial charge in [-0.05, 0) is 69.3 Å². The predicted octanol–water partition coefficient (Wildman–Crippen LogP) is 9.26. The fourth-order valence-corrected chi connectivity index (χ4v) is 12.6. The van der Waals surface area contributed by atoms with Gasteiger partial charge < -0.3 is 9.13 Å². The van der Waals surface area contributed by atoms with E-state index in [4.69, 9.17) is 4.11 Å². The molecule has 0 bridgehead atoms. The predicted molar refractivity (Wildman–Crippen MR) is 219 cm³/mol. The van der Waals surface area contributed by atoms with Crippen LogP contribution in [0.1, 0.15) is 6.85 Å². The molecule has 0 amide bonds. The lowest BCUT2D eigenvalue weighted by atomic mass is 10.1. The van der Waals surface area contributed by atoms with E-state index in [9.17, 15) is 2.74 Å². The van der Waals surface area contributed by atoms with Gasteiger partial charge in [-0.3, -0.25) is 0 Å². The van der Waals surface area contributed by atoms with Crippen molar-refractivity contribution < 1.29 is 6.85 Å².